The third kappa shape index (κ3) is 4.39. The van der Waals surface area contributed by atoms with Crippen LogP contribution < -0.4 is 4.74 Å². The second-order valence-corrected chi connectivity index (χ2v) is 8.85. The molecule has 1 aliphatic heterocycles. The number of fused-ring (bicyclic) bond motifs is 1. The van der Waals surface area contributed by atoms with Crippen molar-refractivity contribution < 1.29 is 18.4 Å². The Morgan fingerprint density at radius 3 is 2.76 bits per heavy atom. The molecule has 0 radical (unpaired) electrons. The van der Waals surface area contributed by atoms with Crippen LogP contribution in [0.3, 0.4) is 0 Å². The van der Waals surface area contributed by atoms with E-state index in [0.717, 1.165) is 5.52 Å². The van der Waals surface area contributed by atoms with Gasteiger partial charge in [-0.2, -0.15) is 4.98 Å². The lowest BCUT2D eigenvalue weighted by Gasteiger charge is -2.25. The highest BCUT2D eigenvalue weighted by Gasteiger charge is 2.37. The van der Waals surface area contributed by atoms with E-state index in [1.54, 1.807) is 37.5 Å². The summed E-state index contributed by atoms with van der Waals surface area (Å²) in [5, 5.41) is 3.88. The SMILES string of the molecule is CC(=O)N1C[C@@H](F)C[C@H]1c1cc2[nH]c(-c3ccccn3)nc2cc1Oc1ccc(-c2noc(C)n2)nc1. The summed E-state index contributed by atoms with van der Waals surface area (Å²) in [6.07, 6.45) is 2.30. The highest BCUT2D eigenvalue weighted by atomic mass is 19.1. The number of hydrogen-bond donors (Lipinski definition) is 1. The van der Waals surface area contributed by atoms with E-state index in [1.165, 1.54) is 11.8 Å². The fourth-order valence-electron chi connectivity index (χ4n) is 4.56. The monoisotopic (exact) mass is 499 g/mol. The van der Waals surface area contributed by atoms with E-state index in [4.69, 9.17) is 9.26 Å². The third-order valence-electron chi connectivity index (χ3n) is 6.26. The maximum absolute atomic E-state index is 14.5. The molecule has 0 saturated carbocycles. The third-order valence-corrected chi connectivity index (χ3v) is 6.26. The van der Waals surface area contributed by atoms with E-state index in [1.807, 2.05) is 24.3 Å². The lowest BCUT2D eigenvalue weighted by atomic mass is 10.0. The van der Waals surface area contributed by atoms with Gasteiger partial charge in [0.2, 0.25) is 17.6 Å². The van der Waals surface area contributed by atoms with Gasteiger partial charge in [0.1, 0.15) is 29.1 Å². The van der Waals surface area contributed by atoms with Crippen molar-refractivity contribution in [3.63, 3.8) is 0 Å². The molecule has 1 fully saturated rings. The summed E-state index contributed by atoms with van der Waals surface area (Å²) in [5.74, 6) is 2.13. The molecule has 1 N–H and O–H groups in total. The number of H-pyrrole nitrogens is 1. The van der Waals surface area contributed by atoms with Crippen molar-refractivity contribution in [1.82, 2.24) is 35.0 Å². The number of benzene rings is 1. The average molecular weight is 500 g/mol. The van der Waals surface area contributed by atoms with Crippen LogP contribution in [0.5, 0.6) is 11.5 Å². The van der Waals surface area contributed by atoms with Gasteiger partial charge in [0, 0.05) is 38.1 Å². The van der Waals surface area contributed by atoms with Crippen molar-refractivity contribution in [3.8, 4) is 34.5 Å². The number of amides is 1. The van der Waals surface area contributed by atoms with Gasteiger partial charge < -0.3 is 19.1 Å². The van der Waals surface area contributed by atoms with Gasteiger partial charge in [-0.1, -0.05) is 11.2 Å². The summed E-state index contributed by atoms with van der Waals surface area (Å²) in [5.41, 5.74) is 3.28. The van der Waals surface area contributed by atoms with Gasteiger partial charge in [-0.25, -0.2) is 14.4 Å². The zero-order valence-electron chi connectivity index (χ0n) is 20.1. The Morgan fingerprint density at radius 1 is 1.16 bits per heavy atom. The molecule has 10 nitrogen and oxygen atoms in total. The van der Waals surface area contributed by atoms with Crippen LogP contribution in [0.15, 0.2) is 59.4 Å². The molecule has 0 bridgehead atoms. The number of rotatable bonds is 5. The fourth-order valence-corrected chi connectivity index (χ4v) is 4.56. The van der Waals surface area contributed by atoms with E-state index in [-0.39, 0.29) is 18.9 Å². The number of alkyl halides is 1. The second-order valence-electron chi connectivity index (χ2n) is 8.85. The number of nitrogens with zero attached hydrogens (tertiary/aromatic N) is 6. The van der Waals surface area contributed by atoms with Gasteiger partial charge in [0.05, 0.1) is 29.8 Å². The molecule has 0 spiro atoms. The molecule has 1 aliphatic rings. The molecule has 1 saturated heterocycles. The van der Waals surface area contributed by atoms with Crippen LogP contribution in [-0.4, -0.2) is 53.6 Å². The topological polar surface area (TPSA) is 123 Å². The summed E-state index contributed by atoms with van der Waals surface area (Å²) in [6, 6.07) is 12.2. The van der Waals surface area contributed by atoms with E-state index in [0.29, 0.717) is 51.5 Å². The first-order valence-corrected chi connectivity index (χ1v) is 11.8. The number of ether oxygens (including phenoxy) is 1. The molecule has 11 heteroatoms. The van der Waals surface area contributed by atoms with Crippen LogP contribution in [0, 0.1) is 6.92 Å². The van der Waals surface area contributed by atoms with Crippen molar-refractivity contribution in [3.05, 3.63) is 66.3 Å². The number of carbonyl (C=O) groups is 1. The lowest BCUT2D eigenvalue weighted by Crippen LogP contribution is -2.29. The summed E-state index contributed by atoms with van der Waals surface area (Å²) >= 11 is 0. The van der Waals surface area contributed by atoms with Gasteiger partial charge in [-0.3, -0.25) is 9.78 Å². The Balaban J connectivity index is 1.41. The second kappa shape index (κ2) is 9.08. The van der Waals surface area contributed by atoms with Crippen LogP contribution in [0.25, 0.3) is 34.1 Å². The van der Waals surface area contributed by atoms with Crippen molar-refractivity contribution >= 4 is 16.9 Å². The Kier molecular flexibility index (Phi) is 5.59. The van der Waals surface area contributed by atoms with E-state index in [9.17, 15) is 9.18 Å². The molecule has 1 aromatic carbocycles. The first kappa shape index (κ1) is 22.8. The summed E-state index contributed by atoms with van der Waals surface area (Å²) in [7, 11) is 0. The maximum atomic E-state index is 14.5. The molecule has 0 aliphatic carbocycles. The standard InChI is InChI=1S/C26H22FN7O3/c1-14-30-26(33-37-14)20-7-6-17(12-29-20)36-24-11-22-21(31-25(32-22)19-5-3-4-8-28-19)10-18(24)23-9-16(27)13-34(23)15(2)35/h3-8,10-12,16,23H,9,13H2,1-2H3,(H,31,32)/t16-,23-/m0/s1. The number of aromatic amines is 1. The molecule has 37 heavy (non-hydrogen) atoms. The Hall–Kier alpha value is -4.67. The predicted octanol–water partition coefficient (Wildman–Crippen LogP) is 4.80. The molecule has 5 heterocycles. The lowest BCUT2D eigenvalue weighted by molar-refractivity contribution is -0.129. The number of imidazole rings is 1. The van der Waals surface area contributed by atoms with Crippen molar-refractivity contribution in [2.75, 3.05) is 6.54 Å². The quantitative estimate of drug-likeness (QED) is 0.366. The first-order chi connectivity index (χ1) is 17.9. The number of pyridine rings is 2. The van der Waals surface area contributed by atoms with Crippen LogP contribution in [0.4, 0.5) is 4.39 Å². The zero-order chi connectivity index (χ0) is 25.5. The van der Waals surface area contributed by atoms with Gasteiger partial charge in [0.25, 0.3) is 0 Å². The summed E-state index contributed by atoms with van der Waals surface area (Å²) in [6.45, 7) is 3.19. The Morgan fingerprint density at radius 2 is 2.05 bits per heavy atom. The number of hydrogen-bond acceptors (Lipinski definition) is 8. The zero-order valence-corrected chi connectivity index (χ0v) is 20.1. The molecule has 1 amide bonds. The number of halogens is 1. The number of likely N-dealkylation sites (tertiary alicyclic amines) is 1. The summed E-state index contributed by atoms with van der Waals surface area (Å²) < 4.78 is 25.8. The van der Waals surface area contributed by atoms with E-state index < -0.39 is 12.2 Å². The minimum atomic E-state index is -1.12. The number of aryl methyl sites for hydroxylation is 1. The molecule has 6 rings (SSSR count). The van der Waals surface area contributed by atoms with Gasteiger partial charge >= 0.3 is 0 Å². The first-order valence-electron chi connectivity index (χ1n) is 11.8. The van der Waals surface area contributed by atoms with Crippen LogP contribution >= 0.6 is 0 Å². The smallest absolute Gasteiger partial charge is 0.223 e. The molecule has 186 valence electrons. The predicted molar refractivity (Wildman–Crippen MR) is 131 cm³/mol. The molecule has 4 aromatic heterocycles. The molecular formula is C26H22FN7O3. The van der Waals surface area contributed by atoms with E-state index >= 15 is 0 Å². The normalized spacial score (nSPS) is 17.4. The van der Waals surface area contributed by atoms with E-state index in [2.05, 4.69) is 30.1 Å². The Labute approximate surface area is 210 Å². The molecule has 0 unspecified atom stereocenters. The average Bonchev–Trinajstić information content (AvgIpc) is 3.62. The minimum Gasteiger partial charge on any atom is -0.455 e. The maximum Gasteiger partial charge on any atom is 0.223 e. The molecule has 5 aromatic rings. The summed E-state index contributed by atoms with van der Waals surface area (Å²) in [4.78, 5) is 34.8. The highest BCUT2D eigenvalue weighted by molar-refractivity contribution is 5.82. The number of carbonyl (C=O) groups excluding carboxylic acids is 1. The van der Waals surface area contributed by atoms with Gasteiger partial charge in [-0.05, 0) is 30.3 Å². The Bertz CT molecular complexity index is 1580. The van der Waals surface area contributed by atoms with Crippen LogP contribution in [-0.2, 0) is 4.79 Å². The van der Waals surface area contributed by atoms with Gasteiger partial charge in [-0.15, -0.1) is 0 Å². The highest BCUT2D eigenvalue weighted by Crippen LogP contribution is 2.41. The van der Waals surface area contributed by atoms with Crippen LogP contribution in [0.2, 0.25) is 0 Å². The largest absolute Gasteiger partial charge is 0.455 e. The number of aromatic nitrogens is 6. The molecular weight excluding hydrogens is 477 g/mol. The molecule has 2 atom stereocenters. The number of nitrogens with one attached hydrogen (secondary N) is 1. The van der Waals surface area contributed by atoms with Crippen molar-refractivity contribution in [1.29, 1.82) is 0 Å². The fraction of sp³-hybridized carbons (Fsp3) is 0.231. The van der Waals surface area contributed by atoms with Crippen LogP contribution in [0.1, 0.15) is 30.8 Å². The van der Waals surface area contributed by atoms with Gasteiger partial charge in [0.15, 0.2) is 5.82 Å². The van der Waals surface area contributed by atoms with Crippen molar-refractivity contribution in [2.24, 2.45) is 0 Å². The minimum absolute atomic E-state index is 0.0417. The van der Waals surface area contributed by atoms with Crippen molar-refractivity contribution in [2.45, 2.75) is 32.5 Å².